The summed E-state index contributed by atoms with van der Waals surface area (Å²) in [5, 5.41) is 9.66. The smallest absolute Gasteiger partial charge is 0.229 e. The van der Waals surface area contributed by atoms with Gasteiger partial charge in [0.2, 0.25) is 5.78 Å². The van der Waals surface area contributed by atoms with Crippen LogP contribution in [0.5, 0.6) is 0 Å². The first-order valence-electron chi connectivity index (χ1n) is 11.7. The summed E-state index contributed by atoms with van der Waals surface area (Å²) in [6.45, 7) is 0. The number of hydrogen-bond acceptors (Lipinski definition) is 3. The highest BCUT2D eigenvalue weighted by Gasteiger charge is 2.24. The Morgan fingerprint density at radius 3 is 1.17 bits per heavy atom. The van der Waals surface area contributed by atoms with Crippen molar-refractivity contribution in [3.8, 4) is 33.9 Å². The van der Waals surface area contributed by atoms with Gasteiger partial charge in [0, 0.05) is 11.1 Å². The van der Waals surface area contributed by atoms with E-state index in [4.69, 9.17) is 10.2 Å². The van der Waals surface area contributed by atoms with Crippen molar-refractivity contribution in [2.45, 2.75) is 0 Å². The molecule has 0 unspecified atom stereocenters. The first kappa shape index (κ1) is 21.5. The maximum Gasteiger partial charge on any atom is 0.229 e. The number of benzene rings is 4. The number of ketones is 1. The first-order chi connectivity index (χ1) is 17.8. The molecule has 0 amide bonds. The standard InChI is InChI=1S/C31H22N4O/c36-31(29-21-27(23-13-5-1-6-14-23)32-34(29)25-17-9-3-10-18-25)30-22-28(24-15-7-2-8-16-24)33-35(30)26-19-11-4-12-20-26/h1-22H. The molecule has 0 saturated heterocycles. The van der Waals surface area contributed by atoms with Crippen LogP contribution in [-0.2, 0) is 0 Å². The van der Waals surface area contributed by atoms with Crippen molar-refractivity contribution in [3.63, 3.8) is 0 Å². The number of para-hydroxylation sites is 2. The summed E-state index contributed by atoms with van der Waals surface area (Å²) in [7, 11) is 0. The van der Waals surface area contributed by atoms with Crippen LogP contribution in [0.4, 0.5) is 0 Å². The van der Waals surface area contributed by atoms with Gasteiger partial charge in [0.1, 0.15) is 11.4 Å². The Labute approximate surface area is 208 Å². The fourth-order valence-electron chi connectivity index (χ4n) is 4.25. The summed E-state index contributed by atoms with van der Waals surface area (Å²) in [4.78, 5) is 14.2. The van der Waals surface area contributed by atoms with Gasteiger partial charge in [0.05, 0.1) is 22.8 Å². The van der Waals surface area contributed by atoms with Crippen LogP contribution in [0, 0.1) is 0 Å². The van der Waals surface area contributed by atoms with Crippen molar-refractivity contribution in [3.05, 3.63) is 145 Å². The average Bonchev–Trinajstić information content (AvgIpc) is 3.61. The van der Waals surface area contributed by atoms with Crippen LogP contribution in [0.1, 0.15) is 16.2 Å². The zero-order chi connectivity index (χ0) is 24.3. The fourth-order valence-corrected chi connectivity index (χ4v) is 4.25. The zero-order valence-electron chi connectivity index (χ0n) is 19.4. The second kappa shape index (κ2) is 9.31. The lowest BCUT2D eigenvalue weighted by molar-refractivity contribution is 0.102. The Balaban J connectivity index is 1.53. The van der Waals surface area contributed by atoms with Crippen LogP contribution in [0.3, 0.4) is 0 Å². The molecule has 0 N–H and O–H groups in total. The fraction of sp³-hybridized carbons (Fsp3) is 0. The maximum atomic E-state index is 14.2. The lowest BCUT2D eigenvalue weighted by atomic mass is 10.1. The summed E-state index contributed by atoms with van der Waals surface area (Å²) >= 11 is 0. The van der Waals surface area contributed by atoms with E-state index in [-0.39, 0.29) is 5.78 Å². The van der Waals surface area contributed by atoms with Gasteiger partial charge in [-0.25, -0.2) is 9.36 Å². The molecule has 2 aromatic heterocycles. The van der Waals surface area contributed by atoms with Crippen molar-refractivity contribution in [2.75, 3.05) is 0 Å². The molecule has 0 spiro atoms. The number of aromatic nitrogens is 4. The van der Waals surface area contributed by atoms with Crippen LogP contribution < -0.4 is 0 Å². The molecule has 0 bridgehead atoms. The molecule has 5 heteroatoms. The lowest BCUT2D eigenvalue weighted by Gasteiger charge is -2.09. The van der Waals surface area contributed by atoms with E-state index < -0.39 is 0 Å². The molecule has 0 aliphatic heterocycles. The van der Waals surface area contributed by atoms with Crippen molar-refractivity contribution in [1.29, 1.82) is 0 Å². The van der Waals surface area contributed by atoms with E-state index in [2.05, 4.69) is 0 Å². The minimum Gasteiger partial charge on any atom is -0.285 e. The van der Waals surface area contributed by atoms with Gasteiger partial charge in [-0.1, -0.05) is 97.1 Å². The molecular weight excluding hydrogens is 444 g/mol. The molecule has 36 heavy (non-hydrogen) atoms. The van der Waals surface area contributed by atoms with Crippen LogP contribution in [-0.4, -0.2) is 25.3 Å². The third-order valence-corrected chi connectivity index (χ3v) is 6.02. The predicted molar refractivity (Wildman–Crippen MR) is 141 cm³/mol. The second-order valence-corrected chi connectivity index (χ2v) is 8.39. The minimum absolute atomic E-state index is 0.160. The van der Waals surface area contributed by atoms with Gasteiger partial charge >= 0.3 is 0 Å². The molecule has 4 aromatic carbocycles. The monoisotopic (exact) mass is 466 g/mol. The van der Waals surface area contributed by atoms with Crippen molar-refractivity contribution < 1.29 is 4.79 Å². The molecular formula is C31H22N4O. The predicted octanol–water partition coefficient (Wildman–Crippen LogP) is 6.62. The second-order valence-electron chi connectivity index (χ2n) is 8.39. The first-order valence-corrected chi connectivity index (χ1v) is 11.7. The normalized spacial score (nSPS) is 10.9. The molecule has 172 valence electrons. The Kier molecular flexibility index (Phi) is 5.56. The molecule has 6 rings (SSSR count). The number of carbonyl (C=O) groups is 1. The van der Waals surface area contributed by atoms with Gasteiger partial charge in [-0.3, -0.25) is 4.79 Å². The molecule has 2 heterocycles. The summed E-state index contributed by atoms with van der Waals surface area (Å²) in [6.07, 6.45) is 0. The number of nitrogens with zero attached hydrogens (tertiary/aromatic N) is 4. The van der Waals surface area contributed by atoms with Crippen LogP contribution in [0.15, 0.2) is 133 Å². The molecule has 5 nitrogen and oxygen atoms in total. The van der Waals surface area contributed by atoms with Gasteiger partial charge in [-0.05, 0) is 36.4 Å². The maximum absolute atomic E-state index is 14.2. The zero-order valence-corrected chi connectivity index (χ0v) is 19.4. The van der Waals surface area contributed by atoms with Crippen LogP contribution in [0.25, 0.3) is 33.9 Å². The quantitative estimate of drug-likeness (QED) is 0.259. The summed E-state index contributed by atoms with van der Waals surface area (Å²) in [5.41, 5.74) is 5.93. The number of hydrogen-bond donors (Lipinski definition) is 0. The number of carbonyl (C=O) groups excluding carboxylic acids is 1. The van der Waals surface area contributed by atoms with E-state index in [1.165, 1.54) is 0 Å². The molecule has 6 aromatic rings. The Morgan fingerprint density at radius 2 is 0.806 bits per heavy atom. The lowest BCUT2D eigenvalue weighted by Crippen LogP contribution is -2.14. The van der Waals surface area contributed by atoms with Crippen molar-refractivity contribution in [1.82, 2.24) is 19.6 Å². The molecule has 0 fully saturated rings. The summed E-state index contributed by atoms with van der Waals surface area (Å²) in [6, 6.07) is 42.9. The van der Waals surface area contributed by atoms with Gasteiger partial charge in [-0.2, -0.15) is 10.2 Å². The third kappa shape index (κ3) is 4.03. The SMILES string of the molecule is O=C(c1cc(-c2ccccc2)nn1-c1ccccc1)c1cc(-c2ccccc2)nn1-c1ccccc1. The topological polar surface area (TPSA) is 52.7 Å². The highest BCUT2D eigenvalue weighted by atomic mass is 16.1. The van der Waals surface area contributed by atoms with Gasteiger partial charge in [0.15, 0.2) is 0 Å². The van der Waals surface area contributed by atoms with Gasteiger partial charge in [-0.15, -0.1) is 0 Å². The number of rotatable bonds is 6. The molecule has 0 atom stereocenters. The van der Waals surface area contributed by atoms with Crippen molar-refractivity contribution in [2.24, 2.45) is 0 Å². The van der Waals surface area contributed by atoms with E-state index >= 15 is 0 Å². The van der Waals surface area contributed by atoms with E-state index in [1.54, 1.807) is 9.36 Å². The van der Waals surface area contributed by atoms with E-state index in [9.17, 15) is 4.79 Å². The highest BCUT2D eigenvalue weighted by Crippen LogP contribution is 2.27. The third-order valence-electron chi connectivity index (χ3n) is 6.02. The molecule has 0 saturated carbocycles. The Hall–Kier alpha value is -5.03. The molecule has 0 radical (unpaired) electrons. The van der Waals surface area contributed by atoms with Gasteiger partial charge < -0.3 is 0 Å². The van der Waals surface area contributed by atoms with E-state index in [0.29, 0.717) is 11.4 Å². The van der Waals surface area contributed by atoms with Gasteiger partial charge in [0.25, 0.3) is 0 Å². The Bertz CT molecular complexity index is 1500. The van der Waals surface area contributed by atoms with Crippen molar-refractivity contribution >= 4 is 5.78 Å². The molecule has 0 aliphatic carbocycles. The van der Waals surface area contributed by atoms with E-state index in [1.807, 2.05) is 133 Å². The van der Waals surface area contributed by atoms with E-state index in [0.717, 1.165) is 33.9 Å². The van der Waals surface area contributed by atoms with Crippen LogP contribution >= 0.6 is 0 Å². The Morgan fingerprint density at radius 1 is 0.472 bits per heavy atom. The largest absolute Gasteiger partial charge is 0.285 e. The summed E-state index contributed by atoms with van der Waals surface area (Å²) in [5.74, 6) is -0.160. The molecule has 0 aliphatic rings. The minimum atomic E-state index is -0.160. The average molecular weight is 467 g/mol. The van der Waals surface area contributed by atoms with Crippen LogP contribution in [0.2, 0.25) is 0 Å². The summed E-state index contributed by atoms with van der Waals surface area (Å²) < 4.78 is 3.43. The highest BCUT2D eigenvalue weighted by molar-refractivity contribution is 6.08.